The molecule has 4 N–H and O–H groups in total. The van der Waals surface area contributed by atoms with E-state index in [9.17, 15) is 28.5 Å². The standard InChI is InChI=1S/C21H17NO6S/c23-17-2-1-3-19(12-17)29(27,28)22-16-8-4-14(5-9-16)20(25)11-7-15-6-10-18(24)13-21(15)26/h1-13,22-24,26H. The third kappa shape index (κ3) is 4.94. The average Bonchev–Trinajstić information content (AvgIpc) is 2.67. The molecule has 0 aliphatic heterocycles. The minimum Gasteiger partial charge on any atom is -0.508 e. The molecule has 0 fully saturated rings. The van der Waals surface area contributed by atoms with Crippen LogP contribution in [0.4, 0.5) is 5.69 Å². The van der Waals surface area contributed by atoms with Gasteiger partial charge in [0.05, 0.1) is 4.90 Å². The third-order valence-electron chi connectivity index (χ3n) is 3.98. The molecule has 0 bridgehead atoms. The van der Waals surface area contributed by atoms with Crippen LogP contribution < -0.4 is 4.72 Å². The van der Waals surface area contributed by atoms with Crippen molar-refractivity contribution >= 4 is 27.6 Å². The fourth-order valence-electron chi connectivity index (χ4n) is 2.50. The van der Waals surface area contributed by atoms with Crippen molar-refractivity contribution in [2.75, 3.05) is 4.72 Å². The molecule has 29 heavy (non-hydrogen) atoms. The van der Waals surface area contributed by atoms with Gasteiger partial charge in [0.2, 0.25) is 0 Å². The molecular weight excluding hydrogens is 394 g/mol. The Labute approximate surface area is 167 Å². The van der Waals surface area contributed by atoms with Crippen LogP contribution in [0.5, 0.6) is 17.2 Å². The van der Waals surface area contributed by atoms with Gasteiger partial charge in [0, 0.05) is 28.9 Å². The van der Waals surface area contributed by atoms with Gasteiger partial charge in [-0.2, -0.15) is 0 Å². The van der Waals surface area contributed by atoms with E-state index in [0.29, 0.717) is 11.1 Å². The first-order valence-electron chi connectivity index (χ1n) is 8.41. The van der Waals surface area contributed by atoms with Crippen LogP contribution in [0.3, 0.4) is 0 Å². The molecule has 0 heterocycles. The summed E-state index contributed by atoms with van der Waals surface area (Å²) >= 11 is 0. The highest BCUT2D eigenvalue weighted by atomic mass is 32.2. The van der Waals surface area contributed by atoms with E-state index in [4.69, 9.17) is 0 Å². The van der Waals surface area contributed by atoms with Crippen LogP contribution in [0, 0.1) is 0 Å². The normalized spacial score (nSPS) is 11.4. The van der Waals surface area contributed by atoms with Crippen molar-refractivity contribution in [1.82, 2.24) is 0 Å². The summed E-state index contributed by atoms with van der Waals surface area (Å²) < 4.78 is 27.1. The number of benzene rings is 3. The number of anilines is 1. The molecule has 3 rings (SSSR count). The molecule has 0 atom stereocenters. The van der Waals surface area contributed by atoms with Crippen molar-refractivity contribution in [3.63, 3.8) is 0 Å². The zero-order valence-electron chi connectivity index (χ0n) is 15.0. The van der Waals surface area contributed by atoms with Gasteiger partial charge in [-0.15, -0.1) is 0 Å². The summed E-state index contributed by atoms with van der Waals surface area (Å²) in [5, 5.41) is 28.4. The smallest absolute Gasteiger partial charge is 0.262 e. The Kier molecular flexibility index (Phi) is 5.56. The predicted octanol–water partition coefficient (Wildman–Crippen LogP) is 3.50. The Morgan fingerprint density at radius 2 is 1.55 bits per heavy atom. The minimum absolute atomic E-state index is 0.0882. The van der Waals surface area contributed by atoms with Crippen molar-refractivity contribution < 1.29 is 28.5 Å². The lowest BCUT2D eigenvalue weighted by atomic mass is 10.1. The van der Waals surface area contributed by atoms with Crippen LogP contribution in [-0.4, -0.2) is 29.5 Å². The number of carbonyl (C=O) groups excluding carboxylic acids is 1. The molecule has 0 saturated carbocycles. The predicted molar refractivity (Wildman–Crippen MR) is 108 cm³/mol. The second kappa shape index (κ2) is 8.07. The summed E-state index contributed by atoms with van der Waals surface area (Å²) in [6.07, 6.45) is 2.67. The van der Waals surface area contributed by atoms with Crippen LogP contribution >= 0.6 is 0 Å². The summed E-state index contributed by atoms with van der Waals surface area (Å²) in [6, 6.07) is 15.1. The van der Waals surface area contributed by atoms with Crippen molar-refractivity contribution in [2.45, 2.75) is 4.90 Å². The highest BCUT2D eigenvalue weighted by Crippen LogP contribution is 2.24. The molecule has 0 aliphatic rings. The first-order chi connectivity index (χ1) is 13.7. The number of hydrogen-bond acceptors (Lipinski definition) is 6. The van der Waals surface area contributed by atoms with Crippen LogP contribution in [-0.2, 0) is 10.0 Å². The van der Waals surface area contributed by atoms with Gasteiger partial charge < -0.3 is 15.3 Å². The monoisotopic (exact) mass is 411 g/mol. The molecule has 0 spiro atoms. The number of phenolic OH excluding ortho intramolecular Hbond substituents is 3. The highest BCUT2D eigenvalue weighted by Gasteiger charge is 2.15. The summed E-state index contributed by atoms with van der Waals surface area (Å²) in [6.45, 7) is 0. The molecule has 0 aromatic heterocycles. The number of ketones is 1. The van der Waals surface area contributed by atoms with Gasteiger partial charge in [0.1, 0.15) is 17.2 Å². The van der Waals surface area contributed by atoms with Gasteiger partial charge >= 0.3 is 0 Å². The number of hydrogen-bond donors (Lipinski definition) is 4. The summed E-state index contributed by atoms with van der Waals surface area (Å²) in [5.74, 6) is -0.763. The Morgan fingerprint density at radius 3 is 2.21 bits per heavy atom. The van der Waals surface area contributed by atoms with Crippen molar-refractivity contribution in [3.05, 3.63) is 83.9 Å². The second-order valence-corrected chi connectivity index (χ2v) is 7.80. The average molecular weight is 411 g/mol. The maximum absolute atomic E-state index is 12.3. The van der Waals surface area contributed by atoms with E-state index in [-0.39, 0.29) is 33.6 Å². The third-order valence-corrected chi connectivity index (χ3v) is 5.36. The number of carbonyl (C=O) groups is 1. The lowest BCUT2D eigenvalue weighted by Crippen LogP contribution is -2.12. The van der Waals surface area contributed by atoms with E-state index in [1.54, 1.807) is 0 Å². The lowest BCUT2D eigenvalue weighted by molar-refractivity contribution is 0.104. The topological polar surface area (TPSA) is 124 Å². The molecule has 3 aromatic carbocycles. The summed E-state index contributed by atoms with van der Waals surface area (Å²) in [4.78, 5) is 12.2. The number of phenols is 3. The van der Waals surface area contributed by atoms with Crippen molar-refractivity contribution in [1.29, 1.82) is 0 Å². The van der Waals surface area contributed by atoms with E-state index in [1.807, 2.05) is 0 Å². The van der Waals surface area contributed by atoms with E-state index in [2.05, 4.69) is 4.72 Å². The maximum atomic E-state index is 12.3. The molecule has 7 nitrogen and oxygen atoms in total. The summed E-state index contributed by atoms with van der Waals surface area (Å²) in [5.41, 5.74) is 0.941. The molecular formula is C21H17NO6S. The van der Waals surface area contributed by atoms with Gasteiger partial charge in [-0.1, -0.05) is 6.07 Å². The van der Waals surface area contributed by atoms with Crippen molar-refractivity contribution in [2.24, 2.45) is 0 Å². The van der Waals surface area contributed by atoms with E-state index >= 15 is 0 Å². The fraction of sp³-hybridized carbons (Fsp3) is 0. The lowest BCUT2D eigenvalue weighted by Gasteiger charge is -2.08. The number of allylic oxidation sites excluding steroid dienone is 1. The van der Waals surface area contributed by atoms with Crippen LogP contribution in [0.2, 0.25) is 0 Å². The van der Waals surface area contributed by atoms with Gasteiger partial charge in [-0.3, -0.25) is 9.52 Å². The quantitative estimate of drug-likeness (QED) is 0.364. The van der Waals surface area contributed by atoms with Crippen LogP contribution in [0.25, 0.3) is 6.08 Å². The highest BCUT2D eigenvalue weighted by molar-refractivity contribution is 7.92. The Hall–Kier alpha value is -3.78. The van der Waals surface area contributed by atoms with E-state index in [0.717, 1.165) is 12.1 Å². The van der Waals surface area contributed by atoms with Gasteiger partial charge in [0.25, 0.3) is 10.0 Å². The maximum Gasteiger partial charge on any atom is 0.262 e. The van der Waals surface area contributed by atoms with Crippen LogP contribution in [0.15, 0.2) is 77.7 Å². The van der Waals surface area contributed by atoms with Crippen LogP contribution in [0.1, 0.15) is 15.9 Å². The largest absolute Gasteiger partial charge is 0.508 e. The molecule has 0 aliphatic carbocycles. The number of sulfonamides is 1. The Balaban J connectivity index is 1.72. The molecule has 148 valence electrons. The second-order valence-electron chi connectivity index (χ2n) is 6.12. The van der Waals surface area contributed by atoms with Gasteiger partial charge in [0.15, 0.2) is 5.78 Å². The molecule has 0 radical (unpaired) electrons. The Bertz CT molecular complexity index is 1180. The number of aromatic hydroxyl groups is 3. The zero-order valence-corrected chi connectivity index (χ0v) is 15.8. The van der Waals surface area contributed by atoms with E-state index in [1.165, 1.54) is 66.7 Å². The zero-order chi connectivity index (χ0) is 21.0. The van der Waals surface area contributed by atoms with Gasteiger partial charge in [-0.25, -0.2) is 8.42 Å². The summed E-state index contributed by atoms with van der Waals surface area (Å²) in [7, 11) is -3.88. The molecule has 8 heteroatoms. The number of nitrogens with one attached hydrogen (secondary N) is 1. The molecule has 0 unspecified atom stereocenters. The van der Waals surface area contributed by atoms with E-state index < -0.39 is 10.0 Å². The fourth-order valence-corrected chi connectivity index (χ4v) is 3.60. The first-order valence-corrected chi connectivity index (χ1v) is 9.89. The molecule has 3 aromatic rings. The molecule has 0 saturated heterocycles. The number of rotatable bonds is 6. The first kappa shape index (κ1) is 20.0. The SMILES string of the molecule is O=C(C=Cc1ccc(O)cc1O)c1ccc(NS(=O)(=O)c2cccc(O)c2)cc1. The Morgan fingerprint density at radius 1 is 0.862 bits per heavy atom. The minimum atomic E-state index is -3.88. The van der Waals surface area contributed by atoms with Crippen molar-refractivity contribution in [3.8, 4) is 17.2 Å². The molecule has 0 amide bonds. The van der Waals surface area contributed by atoms with Gasteiger partial charge in [-0.05, 0) is 60.7 Å².